The molecule has 4 nitrogen and oxygen atoms in total. The van der Waals surface area contributed by atoms with Crippen LogP contribution in [0.4, 0.5) is 5.69 Å². The molecule has 0 radical (unpaired) electrons. The highest BCUT2D eigenvalue weighted by molar-refractivity contribution is 5.85. The average molecular weight is 347 g/mol. The highest BCUT2D eigenvalue weighted by Crippen LogP contribution is 2.21. The molecule has 0 bridgehead atoms. The van der Waals surface area contributed by atoms with Crippen molar-refractivity contribution in [1.29, 1.82) is 0 Å². The minimum Gasteiger partial charge on any atom is -0.381 e. The monoisotopic (exact) mass is 346 g/mol. The third-order valence-electron chi connectivity index (χ3n) is 5.16. The fraction of sp³-hybridized carbons (Fsp3) is 0.526. The van der Waals surface area contributed by atoms with Crippen LogP contribution in [0, 0.1) is 0 Å². The van der Waals surface area contributed by atoms with E-state index in [4.69, 9.17) is 0 Å². The molecule has 2 fully saturated rings. The molecule has 130 valence electrons. The predicted octanol–water partition coefficient (Wildman–Crippen LogP) is 3.28. The van der Waals surface area contributed by atoms with Gasteiger partial charge in [0.25, 0.3) is 0 Å². The molecule has 1 aromatic carbocycles. The van der Waals surface area contributed by atoms with Crippen molar-refractivity contribution >= 4 is 28.9 Å². The summed E-state index contributed by atoms with van der Waals surface area (Å²) in [5.74, 6) is 0. The van der Waals surface area contributed by atoms with Gasteiger partial charge >= 0.3 is 0 Å². The van der Waals surface area contributed by atoms with Crippen LogP contribution in [-0.2, 0) is 0 Å². The van der Waals surface area contributed by atoms with Gasteiger partial charge in [-0.2, -0.15) is 0 Å². The molecule has 5 heteroatoms. The topological polar surface area (TPSA) is 40.2 Å². The summed E-state index contributed by atoms with van der Waals surface area (Å²) >= 11 is 0. The second-order valence-corrected chi connectivity index (χ2v) is 6.97. The van der Waals surface area contributed by atoms with E-state index in [0.29, 0.717) is 12.1 Å². The number of nitrogens with zero attached hydrogens (tertiary/aromatic N) is 2. The van der Waals surface area contributed by atoms with Gasteiger partial charge in [-0.15, -0.1) is 12.4 Å². The molecular formula is C19H27ClN4. The number of hydrogen-bond donors (Lipinski definition) is 2. The summed E-state index contributed by atoms with van der Waals surface area (Å²) in [7, 11) is 0. The lowest BCUT2D eigenvalue weighted by Gasteiger charge is -2.35. The second kappa shape index (κ2) is 8.15. The van der Waals surface area contributed by atoms with E-state index in [9.17, 15) is 0 Å². The lowest BCUT2D eigenvalue weighted by Crippen LogP contribution is -2.46. The van der Waals surface area contributed by atoms with E-state index >= 15 is 0 Å². The van der Waals surface area contributed by atoms with E-state index in [1.165, 1.54) is 61.8 Å². The maximum Gasteiger partial charge on any atom is 0.0388 e. The zero-order valence-corrected chi connectivity index (χ0v) is 14.9. The molecule has 0 amide bonds. The Kier molecular flexibility index (Phi) is 5.93. The maximum atomic E-state index is 4.18. The van der Waals surface area contributed by atoms with Gasteiger partial charge in [-0.05, 0) is 62.4 Å². The number of piperidine rings is 1. The third-order valence-corrected chi connectivity index (χ3v) is 5.16. The van der Waals surface area contributed by atoms with Gasteiger partial charge in [0.2, 0.25) is 0 Å². The summed E-state index contributed by atoms with van der Waals surface area (Å²) in [4.78, 5) is 6.82. The fourth-order valence-corrected chi connectivity index (χ4v) is 3.97. The van der Waals surface area contributed by atoms with Gasteiger partial charge in [0.15, 0.2) is 0 Å². The van der Waals surface area contributed by atoms with E-state index in [1.807, 2.05) is 12.4 Å². The Morgan fingerprint density at radius 3 is 3.00 bits per heavy atom. The first-order chi connectivity index (χ1) is 11.4. The Labute approximate surface area is 150 Å². The Balaban J connectivity index is 0.00000169. The molecule has 2 N–H and O–H groups in total. The molecule has 3 heterocycles. The standard InChI is InChI=1S/C19H26N4.ClH/c1-3-18(21-8-1)13-23-10-2-4-19(14-23)22-17-6-5-16-12-20-9-7-15(16)11-17;/h5-7,9,11-12,18-19,21-22H,1-4,8,10,13-14H2;1H/t18-,19-;/m1./s1. The summed E-state index contributed by atoms with van der Waals surface area (Å²) in [6.07, 6.45) is 9.03. The Morgan fingerprint density at radius 2 is 2.12 bits per heavy atom. The van der Waals surface area contributed by atoms with Gasteiger partial charge in [-0.1, -0.05) is 6.07 Å². The zero-order valence-electron chi connectivity index (χ0n) is 14.1. The van der Waals surface area contributed by atoms with Crippen molar-refractivity contribution in [3.63, 3.8) is 0 Å². The van der Waals surface area contributed by atoms with Crippen molar-refractivity contribution in [2.45, 2.75) is 37.8 Å². The number of nitrogens with one attached hydrogen (secondary N) is 2. The Morgan fingerprint density at radius 1 is 1.17 bits per heavy atom. The molecule has 2 aliphatic rings. The number of benzene rings is 1. The van der Waals surface area contributed by atoms with Crippen molar-refractivity contribution in [3.05, 3.63) is 36.7 Å². The summed E-state index contributed by atoms with van der Waals surface area (Å²) in [6.45, 7) is 4.82. The van der Waals surface area contributed by atoms with E-state index in [1.54, 1.807) is 0 Å². The lowest BCUT2D eigenvalue weighted by molar-refractivity contribution is 0.200. The number of anilines is 1. The van der Waals surface area contributed by atoms with Crippen LogP contribution in [0.2, 0.25) is 0 Å². The van der Waals surface area contributed by atoms with Crippen molar-refractivity contribution in [3.8, 4) is 0 Å². The SMILES string of the molecule is Cl.c1cc2cc(N[C@@H]3CCCN(C[C@H]4CCCN4)C3)ccc2cn1. The molecule has 2 saturated heterocycles. The molecular weight excluding hydrogens is 320 g/mol. The fourth-order valence-electron chi connectivity index (χ4n) is 3.97. The van der Waals surface area contributed by atoms with Gasteiger partial charge in [0.1, 0.15) is 0 Å². The van der Waals surface area contributed by atoms with Crippen LogP contribution < -0.4 is 10.6 Å². The predicted molar refractivity (Wildman–Crippen MR) is 103 cm³/mol. The van der Waals surface area contributed by atoms with Crippen molar-refractivity contribution in [2.24, 2.45) is 0 Å². The van der Waals surface area contributed by atoms with Gasteiger partial charge in [-0.25, -0.2) is 0 Å². The minimum absolute atomic E-state index is 0. The molecule has 2 aliphatic heterocycles. The summed E-state index contributed by atoms with van der Waals surface area (Å²) in [5, 5.41) is 9.83. The molecule has 0 unspecified atom stereocenters. The van der Waals surface area contributed by atoms with Crippen LogP contribution in [0.15, 0.2) is 36.7 Å². The number of likely N-dealkylation sites (tertiary alicyclic amines) is 1. The van der Waals surface area contributed by atoms with Crippen molar-refractivity contribution < 1.29 is 0 Å². The van der Waals surface area contributed by atoms with Crippen LogP contribution in [-0.4, -0.2) is 48.1 Å². The van der Waals surface area contributed by atoms with Gasteiger partial charge in [0.05, 0.1) is 0 Å². The smallest absolute Gasteiger partial charge is 0.0388 e. The quantitative estimate of drug-likeness (QED) is 0.891. The average Bonchev–Trinajstić information content (AvgIpc) is 3.08. The number of fused-ring (bicyclic) bond motifs is 1. The second-order valence-electron chi connectivity index (χ2n) is 6.97. The molecule has 2 atom stereocenters. The Bertz CT molecular complexity index is 657. The van der Waals surface area contributed by atoms with E-state index in [0.717, 1.165) is 6.54 Å². The molecule has 2 aromatic rings. The third kappa shape index (κ3) is 4.18. The zero-order chi connectivity index (χ0) is 15.5. The lowest BCUT2D eigenvalue weighted by atomic mass is 10.0. The number of hydrogen-bond acceptors (Lipinski definition) is 4. The molecule has 4 rings (SSSR count). The number of rotatable bonds is 4. The Hall–Kier alpha value is -1.36. The van der Waals surface area contributed by atoms with Crippen LogP contribution in [0.1, 0.15) is 25.7 Å². The first-order valence-corrected chi connectivity index (χ1v) is 8.93. The van der Waals surface area contributed by atoms with Crippen LogP contribution in [0.25, 0.3) is 10.8 Å². The van der Waals surface area contributed by atoms with E-state index < -0.39 is 0 Å². The number of pyridine rings is 1. The highest BCUT2D eigenvalue weighted by Gasteiger charge is 2.23. The molecule has 1 aromatic heterocycles. The molecule has 0 spiro atoms. The molecule has 0 aliphatic carbocycles. The summed E-state index contributed by atoms with van der Waals surface area (Å²) < 4.78 is 0. The first kappa shape index (κ1) is 17.5. The molecule has 0 saturated carbocycles. The summed E-state index contributed by atoms with van der Waals surface area (Å²) in [6, 6.07) is 9.94. The number of halogens is 1. The first-order valence-electron chi connectivity index (χ1n) is 8.93. The van der Waals surface area contributed by atoms with E-state index in [2.05, 4.69) is 44.8 Å². The van der Waals surface area contributed by atoms with Crippen molar-refractivity contribution in [2.75, 3.05) is 31.5 Å². The van der Waals surface area contributed by atoms with Gasteiger partial charge < -0.3 is 10.6 Å². The van der Waals surface area contributed by atoms with Gasteiger partial charge in [0, 0.05) is 48.6 Å². The molecule has 24 heavy (non-hydrogen) atoms. The summed E-state index contributed by atoms with van der Waals surface area (Å²) in [5.41, 5.74) is 1.23. The van der Waals surface area contributed by atoms with Crippen LogP contribution in [0.5, 0.6) is 0 Å². The minimum atomic E-state index is 0. The van der Waals surface area contributed by atoms with Crippen LogP contribution in [0.3, 0.4) is 0 Å². The van der Waals surface area contributed by atoms with Gasteiger partial charge in [-0.3, -0.25) is 9.88 Å². The number of aromatic nitrogens is 1. The maximum absolute atomic E-state index is 4.18. The highest BCUT2D eigenvalue weighted by atomic mass is 35.5. The van der Waals surface area contributed by atoms with Crippen LogP contribution >= 0.6 is 12.4 Å². The largest absolute Gasteiger partial charge is 0.381 e. The van der Waals surface area contributed by atoms with E-state index in [-0.39, 0.29) is 12.4 Å². The van der Waals surface area contributed by atoms with Crippen molar-refractivity contribution in [1.82, 2.24) is 15.2 Å². The normalized spacial score (nSPS) is 24.7.